The summed E-state index contributed by atoms with van der Waals surface area (Å²) in [6, 6.07) is 1.04. The molecule has 0 saturated carbocycles. The Morgan fingerprint density at radius 2 is 2.42 bits per heavy atom. The number of fused-ring (bicyclic) bond motifs is 3. The second-order valence-electron chi connectivity index (χ2n) is 3.54. The van der Waals surface area contributed by atoms with E-state index in [1.54, 1.807) is 7.05 Å². The molecule has 2 N–H and O–H groups in total. The number of rotatable bonds is 0. The molecule has 0 radical (unpaired) electrons. The number of piperidine rings is 2. The zero-order valence-electron chi connectivity index (χ0n) is 7.34. The molecule has 0 aromatic heterocycles. The number of urea groups is 1. The number of amides is 2. The summed E-state index contributed by atoms with van der Waals surface area (Å²) in [5.74, 6) is 0. The maximum absolute atomic E-state index is 11.3. The summed E-state index contributed by atoms with van der Waals surface area (Å²) < 4.78 is 0. The molecule has 4 heteroatoms. The van der Waals surface area contributed by atoms with E-state index in [2.05, 4.69) is 10.6 Å². The zero-order chi connectivity index (χ0) is 8.55. The van der Waals surface area contributed by atoms with Crippen molar-refractivity contribution in [3.63, 3.8) is 0 Å². The lowest BCUT2D eigenvalue weighted by Crippen LogP contribution is -2.63. The fourth-order valence-electron chi connectivity index (χ4n) is 2.10. The van der Waals surface area contributed by atoms with Crippen LogP contribution in [-0.2, 0) is 0 Å². The Morgan fingerprint density at radius 1 is 1.58 bits per heavy atom. The lowest BCUT2D eigenvalue weighted by Gasteiger charge is -2.45. The molecule has 4 nitrogen and oxygen atoms in total. The summed E-state index contributed by atoms with van der Waals surface area (Å²) in [6.07, 6.45) is 2.38. The average Bonchev–Trinajstić information content (AvgIpc) is 2.18. The molecule has 3 fully saturated rings. The molecule has 0 aliphatic carbocycles. The van der Waals surface area contributed by atoms with E-state index in [0.29, 0.717) is 12.1 Å². The van der Waals surface area contributed by atoms with Crippen LogP contribution in [0.2, 0.25) is 0 Å². The van der Waals surface area contributed by atoms with Crippen molar-refractivity contribution in [2.45, 2.75) is 24.9 Å². The predicted octanol–water partition coefficient (Wildman–Crippen LogP) is -0.238. The minimum atomic E-state index is 0.0752. The van der Waals surface area contributed by atoms with Gasteiger partial charge in [0, 0.05) is 32.2 Å². The normalized spacial score (nSPS) is 33.6. The molecule has 0 spiro atoms. The van der Waals surface area contributed by atoms with Crippen LogP contribution in [0.15, 0.2) is 0 Å². The third-order valence-electron chi connectivity index (χ3n) is 2.82. The molecule has 2 unspecified atom stereocenters. The number of carbonyl (C=O) groups is 1. The minimum Gasteiger partial charge on any atom is -0.341 e. The van der Waals surface area contributed by atoms with Crippen LogP contribution in [0, 0.1) is 0 Å². The van der Waals surface area contributed by atoms with Gasteiger partial charge < -0.3 is 15.5 Å². The van der Waals surface area contributed by atoms with Gasteiger partial charge in [0.2, 0.25) is 0 Å². The minimum absolute atomic E-state index is 0.0752. The molecule has 68 valence electrons. The van der Waals surface area contributed by atoms with Crippen molar-refractivity contribution < 1.29 is 4.79 Å². The van der Waals surface area contributed by atoms with Crippen molar-refractivity contribution in [1.29, 1.82) is 0 Å². The van der Waals surface area contributed by atoms with Crippen molar-refractivity contribution in [3.05, 3.63) is 0 Å². The molecule has 0 aromatic rings. The first-order valence-corrected chi connectivity index (χ1v) is 4.53. The van der Waals surface area contributed by atoms with Gasteiger partial charge in [0.25, 0.3) is 0 Å². The molecule has 3 heterocycles. The van der Waals surface area contributed by atoms with Crippen LogP contribution in [0.1, 0.15) is 12.8 Å². The highest BCUT2D eigenvalue weighted by atomic mass is 16.2. The Morgan fingerprint density at radius 3 is 2.83 bits per heavy atom. The molecule has 3 rings (SSSR count). The van der Waals surface area contributed by atoms with Crippen LogP contribution in [0.25, 0.3) is 0 Å². The Balaban J connectivity index is 2.03. The van der Waals surface area contributed by atoms with E-state index in [0.717, 1.165) is 19.5 Å². The molecule has 0 aromatic carbocycles. The highest BCUT2D eigenvalue weighted by Gasteiger charge is 2.35. The molecule has 2 bridgehead atoms. The third kappa shape index (κ3) is 1.16. The molecular weight excluding hydrogens is 154 g/mol. The van der Waals surface area contributed by atoms with E-state index in [4.69, 9.17) is 0 Å². The van der Waals surface area contributed by atoms with Crippen molar-refractivity contribution >= 4 is 6.03 Å². The van der Waals surface area contributed by atoms with E-state index >= 15 is 0 Å². The summed E-state index contributed by atoms with van der Waals surface area (Å²) in [7, 11) is 1.69. The SMILES string of the molecule is CNC(=O)N1CC2CCC1CN2. The maximum atomic E-state index is 11.3. The largest absolute Gasteiger partial charge is 0.341 e. The van der Waals surface area contributed by atoms with E-state index in [1.165, 1.54) is 6.42 Å². The second-order valence-corrected chi connectivity index (χ2v) is 3.54. The Bertz CT molecular complexity index is 187. The number of nitrogens with zero attached hydrogens (tertiary/aromatic N) is 1. The molecule has 3 aliphatic rings. The van der Waals surface area contributed by atoms with Gasteiger partial charge in [0.05, 0.1) is 0 Å². The molecule has 2 atom stereocenters. The number of hydrogen-bond acceptors (Lipinski definition) is 2. The van der Waals surface area contributed by atoms with Crippen molar-refractivity contribution in [2.24, 2.45) is 0 Å². The number of piperazine rings is 1. The van der Waals surface area contributed by atoms with Gasteiger partial charge in [-0.05, 0) is 12.8 Å². The van der Waals surface area contributed by atoms with Gasteiger partial charge in [0.1, 0.15) is 0 Å². The van der Waals surface area contributed by atoms with Crippen molar-refractivity contribution in [1.82, 2.24) is 15.5 Å². The molecular formula is C8H15N3O. The van der Waals surface area contributed by atoms with Gasteiger partial charge in [0.15, 0.2) is 0 Å². The van der Waals surface area contributed by atoms with Gasteiger partial charge in [-0.3, -0.25) is 0 Å². The van der Waals surface area contributed by atoms with Gasteiger partial charge in [-0.2, -0.15) is 0 Å². The molecule has 2 amide bonds. The van der Waals surface area contributed by atoms with Gasteiger partial charge in [-0.25, -0.2) is 4.79 Å². The number of hydrogen-bond donors (Lipinski definition) is 2. The standard InChI is InChI=1S/C8H15N3O/c1-9-8(12)11-5-6-2-3-7(11)4-10-6/h6-7,10H,2-5H2,1H3,(H,9,12). The third-order valence-corrected chi connectivity index (χ3v) is 2.82. The van der Waals surface area contributed by atoms with Crippen LogP contribution in [0.5, 0.6) is 0 Å². The van der Waals surface area contributed by atoms with Crippen LogP contribution in [0.3, 0.4) is 0 Å². The monoisotopic (exact) mass is 169 g/mol. The highest BCUT2D eigenvalue weighted by Crippen LogP contribution is 2.21. The summed E-state index contributed by atoms with van der Waals surface area (Å²) in [5, 5.41) is 6.08. The van der Waals surface area contributed by atoms with Crippen LogP contribution >= 0.6 is 0 Å². The molecule has 3 aliphatic heterocycles. The lowest BCUT2D eigenvalue weighted by atomic mass is 9.93. The first-order chi connectivity index (χ1) is 5.81. The fraction of sp³-hybridized carbons (Fsp3) is 0.875. The van der Waals surface area contributed by atoms with E-state index in [1.807, 2.05) is 4.90 Å². The maximum Gasteiger partial charge on any atom is 0.317 e. The van der Waals surface area contributed by atoms with Gasteiger partial charge in [-0.15, -0.1) is 0 Å². The number of carbonyl (C=O) groups excluding carboxylic acids is 1. The van der Waals surface area contributed by atoms with Crippen molar-refractivity contribution in [2.75, 3.05) is 20.1 Å². The Labute approximate surface area is 72.3 Å². The topological polar surface area (TPSA) is 44.4 Å². The summed E-state index contributed by atoms with van der Waals surface area (Å²) in [5.41, 5.74) is 0. The van der Waals surface area contributed by atoms with Crippen LogP contribution in [-0.4, -0.2) is 43.2 Å². The fourth-order valence-corrected chi connectivity index (χ4v) is 2.10. The first-order valence-electron chi connectivity index (χ1n) is 4.53. The zero-order valence-corrected chi connectivity index (χ0v) is 7.34. The molecule has 12 heavy (non-hydrogen) atoms. The van der Waals surface area contributed by atoms with Gasteiger partial charge >= 0.3 is 6.03 Å². The molecule has 3 saturated heterocycles. The number of nitrogens with one attached hydrogen (secondary N) is 2. The Hall–Kier alpha value is -0.770. The van der Waals surface area contributed by atoms with Gasteiger partial charge in [-0.1, -0.05) is 0 Å². The first kappa shape index (κ1) is 7.86. The van der Waals surface area contributed by atoms with Crippen LogP contribution < -0.4 is 10.6 Å². The Kier molecular flexibility index (Phi) is 1.92. The smallest absolute Gasteiger partial charge is 0.317 e. The van der Waals surface area contributed by atoms with Crippen molar-refractivity contribution in [3.8, 4) is 0 Å². The predicted molar refractivity (Wildman–Crippen MR) is 46.0 cm³/mol. The van der Waals surface area contributed by atoms with E-state index in [9.17, 15) is 4.79 Å². The lowest BCUT2D eigenvalue weighted by molar-refractivity contribution is 0.0990. The second kappa shape index (κ2) is 2.94. The highest BCUT2D eigenvalue weighted by molar-refractivity contribution is 5.74. The summed E-state index contributed by atoms with van der Waals surface area (Å²) in [6.45, 7) is 1.85. The van der Waals surface area contributed by atoms with E-state index < -0.39 is 0 Å². The quantitative estimate of drug-likeness (QED) is 0.526. The average molecular weight is 169 g/mol. The van der Waals surface area contributed by atoms with Crippen LogP contribution in [0.4, 0.5) is 4.79 Å². The van der Waals surface area contributed by atoms with E-state index in [-0.39, 0.29) is 6.03 Å². The summed E-state index contributed by atoms with van der Waals surface area (Å²) >= 11 is 0. The summed E-state index contributed by atoms with van der Waals surface area (Å²) in [4.78, 5) is 13.3.